The molecule has 0 aromatic heterocycles. The van der Waals surface area contributed by atoms with Crippen LogP contribution in [0.1, 0.15) is 20.6 Å². The van der Waals surface area contributed by atoms with Crippen molar-refractivity contribution < 1.29 is 21.8 Å². The van der Waals surface area contributed by atoms with Gasteiger partial charge in [-0.1, -0.05) is 0 Å². The van der Waals surface area contributed by atoms with Crippen LogP contribution in [-0.4, -0.2) is 44.8 Å². The molecule has 1 saturated carbocycles. The van der Waals surface area contributed by atoms with Crippen LogP contribution in [0.3, 0.4) is 0 Å². The van der Waals surface area contributed by atoms with Crippen LogP contribution in [-0.2, 0) is 0 Å². The minimum Gasteiger partial charge on any atom is -0.393 e. The number of hydrogen-bond donors (Lipinski definition) is 4. The third-order valence-electron chi connectivity index (χ3n) is 2.09. The smallest absolute Gasteiger partial charge is 0.116 e. The second-order valence-corrected chi connectivity index (χ2v) is 2.94. The van der Waals surface area contributed by atoms with Gasteiger partial charge in [-0.25, -0.2) is 0 Å². The quantitative estimate of drug-likeness (QED) is 0.384. The highest BCUT2D eigenvalue weighted by Gasteiger charge is 2.42. The second kappa shape index (κ2) is 3.06. The zero-order chi connectivity index (χ0) is 9.35. The van der Waals surface area contributed by atoms with Crippen LogP contribution < -0.4 is 0 Å². The summed E-state index contributed by atoms with van der Waals surface area (Å²) in [6, 6.07) is 0. The Morgan fingerprint density at radius 1 is 1.55 bits per heavy atom. The van der Waals surface area contributed by atoms with E-state index in [0.717, 1.165) is 0 Å². The monoisotopic (exact) mass is 163 g/mol. The normalized spacial score (nSPS) is 53.8. The molecule has 4 N–H and O–H groups in total. The van der Waals surface area contributed by atoms with Crippen LogP contribution in [0.2, 0.25) is 0 Å². The lowest BCUT2D eigenvalue weighted by Gasteiger charge is -2.38. The molecule has 0 radical (unpaired) electrons. The van der Waals surface area contributed by atoms with Crippen LogP contribution in [0, 0.1) is 0 Å². The van der Waals surface area contributed by atoms with Crippen molar-refractivity contribution in [3.63, 3.8) is 0 Å². The Bertz CT molecular complexity index is 165. The lowest BCUT2D eigenvalue weighted by Crippen LogP contribution is -2.54. The van der Waals surface area contributed by atoms with E-state index < -0.39 is 30.8 Å². The summed E-state index contributed by atoms with van der Waals surface area (Å²) in [4.78, 5) is 0. The number of aliphatic hydroxyl groups is 4. The van der Waals surface area contributed by atoms with E-state index in [1.54, 1.807) is 0 Å². The average molecular weight is 163 g/mol. The Hall–Kier alpha value is -0.160. The summed E-state index contributed by atoms with van der Waals surface area (Å²) in [7, 11) is 0. The first-order valence-corrected chi connectivity index (χ1v) is 3.64. The second-order valence-electron chi connectivity index (χ2n) is 2.94. The molecule has 0 amide bonds. The molecule has 0 aromatic carbocycles. The topological polar surface area (TPSA) is 80.9 Å². The highest BCUT2D eigenvalue weighted by molar-refractivity contribution is 4.94. The van der Waals surface area contributed by atoms with Crippen molar-refractivity contribution >= 4 is 0 Å². The SMILES string of the molecule is [2H]C1CCC(O)C(O)C1(O)CO. The van der Waals surface area contributed by atoms with Gasteiger partial charge in [0.15, 0.2) is 0 Å². The minimum absolute atomic E-state index is 0.287. The number of aliphatic hydroxyl groups excluding tert-OH is 3. The van der Waals surface area contributed by atoms with E-state index in [2.05, 4.69) is 0 Å². The van der Waals surface area contributed by atoms with E-state index in [-0.39, 0.29) is 12.8 Å². The van der Waals surface area contributed by atoms with Gasteiger partial charge in [0, 0.05) is 1.37 Å². The Morgan fingerprint density at radius 2 is 2.18 bits per heavy atom. The van der Waals surface area contributed by atoms with Crippen molar-refractivity contribution in [1.82, 2.24) is 0 Å². The van der Waals surface area contributed by atoms with Crippen LogP contribution in [0.5, 0.6) is 0 Å². The van der Waals surface area contributed by atoms with Crippen molar-refractivity contribution in [2.75, 3.05) is 6.61 Å². The summed E-state index contributed by atoms with van der Waals surface area (Å²) in [5, 5.41) is 36.8. The first-order valence-electron chi connectivity index (χ1n) is 4.21. The van der Waals surface area contributed by atoms with Crippen LogP contribution >= 0.6 is 0 Å². The molecule has 1 rings (SSSR count). The van der Waals surface area contributed by atoms with Crippen LogP contribution in [0.25, 0.3) is 0 Å². The largest absolute Gasteiger partial charge is 0.393 e. The highest BCUT2D eigenvalue weighted by Crippen LogP contribution is 2.28. The molecule has 1 aliphatic rings. The van der Waals surface area contributed by atoms with E-state index >= 15 is 0 Å². The molecule has 0 spiro atoms. The lowest BCUT2D eigenvalue weighted by atomic mass is 9.81. The Kier molecular flexibility index (Phi) is 2.09. The van der Waals surface area contributed by atoms with Crippen molar-refractivity contribution in [1.29, 1.82) is 0 Å². The van der Waals surface area contributed by atoms with E-state index in [4.69, 9.17) is 11.6 Å². The predicted molar refractivity (Wildman–Crippen MR) is 37.9 cm³/mol. The molecule has 0 saturated heterocycles. The number of rotatable bonds is 1. The third kappa shape index (κ3) is 1.54. The van der Waals surface area contributed by atoms with Crippen LogP contribution in [0.15, 0.2) is 0 Å². The number of hydrogen-bond acceptors (Lipinski definition) is 4. The van der Waals surface area contributed by atoms with Gasteiger partial charge in [0.25, 0.3) is 0 Å². The predicted octanol–water partition coefficient (Wildman–Crippen LogP) is -1.38. The minimum atomic E-state index is -1.86. The maximum atomic E-state index is 9.54. The first kappa shape index (κ1) is 7.49. The Balaban J connectivity index is 2.78. The van der Waals surface area contributed by atoms with Crippen molar-refractivity contribution in [3.05, 3.63) is 0 Å². The molecule has 4 unspecified atom stereocenters. The fourth-order valence-electron chi connectivity index (χ4n) is 1.27. The third-order valence-corrected chi connectivity index (χ3v) is 2.09. The van der Waals surface area contributed by atoms with Crippen molar-refractivity contribution in [2.24, 2.45) is 0 Å². The van der Waals surface area contributed by atoms with E-state index in [1.807, 2.05) is 0 Å². The maximum absolute atomic E-state index is 9.54. The average Bonchev–Trinajstić information content (AvgIpc) is 2.08. The summed E-state index contributed by atoms with van der Waals surface area (Å²) in [6.45, 7) is -0.695. The van der Waals surface area contributed by atoms with Crippen molar-refractivity contribution in [3.8, 4) is 0 Å². The molecule has 0 heterocycles. The molecule has 4 heteroatoms. The highest BCUT2D eigenvalue weighted by atomic mass is 16.4. The molecule has 11 heavy (non-hydrogen) atoms. The molecule has 4 nitrogen and oxygen atoms in total. The van der Waals surface area contributed by atoms with Gasteiger partial charge in [-0.2, -0.15) is 0 Å². The Labute approximate surface area is 66.5 Å². The summed E-state index contributed by atoms with van der Waals surface area (Å²) >= 11 is 0. The fraction of sp³-hybridized carbons (Fsp3) is 1.00. The van der Waals surface area contributed by atoms with Gasteiger partial charge >= 0.3 is 0 Å². The summed E-state index contributed by atoms with van der Waals surface area (Å²) in [6.07, 6.45) is -2.81. The summed E-state index contributed by atoms with van der Waals surface area (Å²) in [5.74, 6) is 0. The molecule has 1 aliphatic carbocycles. The molecule has 4 atom stereocenters. The molecule has 0 aromatic rings. The zero-order valence-electron chi connectivity index (χ0n) is 7.14. The van der Waals surface area contributed by atoms with Gasteiger partial charge in [0.2, 0.25) is 0 Å². The molecule has 66 valence electrons. The molecular weight excluding hydrogens is 148 g/mol. The lowest BCUT2D eigenvalue weighted by molar-refractivity contribution is -0.168. The molecule has 1 fully saturated rings. The summed E-state index contributed by atoms with van der Waals surface area (Å²) < 4.78 is 7.37. The van der Waals surface area contributed by atoms with Gasteiger partial charge in [0.1, 0.15) is 11.7 Å². The van der Waals surface area contributed by atoms with Gasteiger partial charge in [-0.15, -0.1) is 0 Å². The van der Waals surface area contributed by atoms with E-state index in [0.29, 0.717) is 0 Å². The first-order chi connectivity index (χ1) is 5.52. The van der Waals surface area contributed by atoms with Gasteiger partial charge in [0.05, 0.1) is 12.7 Å². The summed E-state index contributed by atoms with van der Waals surface area (Å²) in [5.41, 5.74) is -1.86. The molecular formula is C7H14O4. The van der Waals surface area contributed by atoms with Crippen LogP contribution in [0.4, 0.5) is 0 Å². The van der Waals surface area contributed by atoms with Gasteiger partial charge < -0.3 is 20.4 Å². The zero-order valence-corrected chi connectivity index (χ0v) is 6.14. The standard InChI is InChI=1S/C7H14O4/c8-4-7(11)3-1-2-5(9)6(7)10/h5-6,8-11H,1-4H2/i3D. The maximum Gasteiger partial charge on any atom is 0.116 e. The fourth-order valence-corrected chi connectivity index (χ4v) is 1.27. The Morgan fingerprint density at radius 3 is 2.64 bits per heavy atom. The van der Waals surface area contributed by atoms with Gasteiger partial charge in [-0.05, 0) is 19.2 Å². The van der Waals surface area contributed by atoms with E-state index in [1.165, 1.54) is 0 Å². The molecule has 0 bridgehead atoms. The van der Waals surface area contributed by atoms with Crippen molar-refractivity contribution in [2.45, 2.75) is 37.0 Å². The van der Waals surface area contributed by atoms with E-state index in [9.17, 15) is 10.2 Å². The molecule has 0 aliphatic heterocycles. The van der Waals surface area contributed by atoms with Gasteiger partial charge in [-0.3, -0.25) is 0 Å².